The summed E-state index contributed by atoms with van der Waals surface area (Å²) in [5.41, 5.74) is 1.03. The van der Waals surface area contributed by atoms with Gasteiger partial charge >= 0.3 is 161 Å². The van der Waals surface area contributed by atoms with E-state index in [1.807, 2.05) is 25.1 Å². The quantitative estimate of drug-likeness (QED) is 0.405. The Morgan fingerprint density at radius 3 is 2.46 bits per heavy atom. The Morgan fingerprint density at radius 1 is 1.00 bits per heavy atom. The number of hydrogen-bond acceptors (Lipinski definition) is 3. The summed E-state index contributed by atoms with van der Waals surface area (Å²) in [6.45, 7) is 2.61. The second-order valence-electron chi connectivity index (χ2n) is 6.09. The Labute approximate surface area is 161 Å². The molecule has 0 saturated heterocycles. The summed E-state index contributed by atoms with van der Waals surface area (Å²) >= 11 is 0.479. The van der Waals surface area contributed by atoms with Crippen molar-refractivity contribution in [2.24, 2.45) is 0 Å². The van der Waals surface area contributed by atoms with Crippen LogP contribution in [0.3, 0.4) is 0 Å². The summed E-state index contributed by atoms with van der Waals surface area (Å²) in [6, 6.07) is 17.4. The number of unbranched alkanes of at least 4 members (excludes halogenated alkanes) is 1. The standard InChI is InChI=1S/C20H22N2O2SSe/c1-17-9-11-18(12-10-17)25(23,24)20-21-13-15-22(20)14-5-6-16-26-19-7-3-2-4-8-19/h2-4,7-13,15H,5-6,14,16H2,1H3. The Balaban J connectivity index is 1.59. The number of hydrogen-bond donors (Lipinski definition) is 0. The van der Waals surface area contributed by atoms with Gasteiger partial charge in [0.15, 0.2) is 0 Å². The minimum absolute atomic E-state index is 0.134. The van der Waals surface area contributed by atoms with E-state index >= 15 is 0 Å². The fourth-order valence-electron chi connectivity index (χ4n) is 2.62. The molecule has 0 spiro atoms. The van der Waals surface area contributed by atoms with Crippen molar-refractivity contribution in [2.45, 2.75) is 41.7 Å². The maximum atomic E-state index is 12.8. The molecule has 3 aromatic rings. The van der Waals surface area contributed by atoms with E-state index in [9.17, 15) is 8.42 Å². The number of benzene rings is 2. The summed E-state index contributed by atoms with van der Waals surface area (Å²) in [5, 5.41) is 1.29. The SMILES string of the molecule is Cc1ccc(S(=O)(=O)c2nccn2CCCC[Se]c2ccccc2)cc1. The molecule has 0 amide bonds. The average Bonchev–Trinajstić information content (AvgIpc) is 3.12. The van der Waals surface area contributed by atoms with E-state index in [1.165, 1.54) is 4.46 Å². The Bertz CT molecular complexity index is 935. The Hall–Kier alpha value is -1.88. The first-order valence-corrected chi connectivity index (χ1v) is 12.1. The van der Waals surface area contributed by atoms with Crippen LogP contribution in [0, 0.1) is 6.92 Å². The second kappa shape index (κ2) is 8.67. The van der Waals surface area contributed by atoms with Crippen LogP contribution in [0.15, 0.2) is 77.0 Å². The first-order chi connectivity index (χ1) is 12.6. The minimum atomic E-state index is -3.57. The summed E-state index contributed by atoms with van der Waals surface area (Å²) < 4.78 is 28.8. The van der Waals surface area contributed by atoms with Gasteiger partial charge in [-0.1, -0.05) is 0 Å². The Kier molecular flexibility index (Phi) is 6.30. The van der Waals surface area contributed by atoms with Gasteiger partial charge in [-0.25, -0.2) is 0 Å². The van der Waals surface area contributed by atoms with Gasteiger partial charge in [0, 0.05) is 0 Å². The van der Waals surface area contributed by atoms with E-state index < -0.39 is 9.84 Å². The molecule has 0 fully saturated rings. The average molecular weight is 433 g/mol. The second-order valence-corrected chi connectivity index (χ2v) is 10.4. The maximum absolute atomic E-state index is 12.8. The van der Waals surface area contributed by atoms with Crippen LogP contribution in [0.25, 0.3) is 0 Å². The molecule has 4 nitrogen and oxygen atoms in total. The van der Waals surface area contributed by atoms with E-state index in [1.54, 1.807) is 29.1 Å². The van der Waals surface area contributed by atoms with Crippen molar-refractivity contribution in [2.75, 3.05) is 0 Å². The monoisotopic (exact) mass is 434 g/mol. The molecule has 0 unspecified atom stereocenters. The van der Waals surface area contributed by atoms with Crippen molar-refractivity contribution in [1.82, 2.24) is 9.55 Å². The van der Waals surface area contributed by atoms with Crippen LogP contribution in [0.4, 0.5) is 0 Å². The van der Waals surface area contributed by atoms with Gasteiger partial charge in [0.05, 0.1) is 0 Å². The van der Waals surface area contributed by atoms with Crippen LogP contribution in [0.5, 0.6) is 0 Å². The molecule has 6 heteroatoms. The van der Waals surface area contributed by atoms with Crippen molar-refractivity contribution >= 4 is 29.3 Å². The van der Waals surface area contributed by atoms with Crippen molar-refractivity contribution in [3.8, 4) is 0 Å². The van der Waals surface area contributed by atoms with Gasteiger partial charge in [0.25, 0.3) is 0 Å². The zero-order valence-corrected chi connectivity index (χ0v) is 17.2. The molecular formula is C20H22N2O2SSe. The number of sulfone groups is 1. The van der Waals surface area contributed by atoms with Gasteiger partial charge in [-0.05, 0) is 0 Å². The summed E-state index contributed by atoms with van der Waals surface area (Å²) in [4.78, 5) is 4.41. The van der Waals surface area contributed by atoms with E-state index in [-0.39, 0.29) is 5.16 Å². The van der Waals surface area contributed by atoms with Gasteiger partial charge < -0.3 is 0 Å². The van der Waals surface area contributed by atoms with E-state index in [0.29, 0.717) is 26.4 Å². The molecule has 3 rings (SSSR count). The molecule has 0 aliphatic carbocycles. The van der Waals surface area contributed by atoms with Gasteiger partial charge in [-0.3, -0.25) is 0 Å². The van der Waals surface area contributed by atoms with Gasteiger partial charge in [-0.2, -0.15) is 0 Å². The molecule has 26 heavy (non-hydrogen) atoms. The van der Waals surface area contributed by atoms with Gasteiger partial charge in [-0.15, -0.1) is 0 Å². The third-order valence-corrected chi connectivity index (χ3v) is 8.07. The molecule has 0 radical (unpaired) electrons. The van der Waals surface area contributed by atoms with Crippen LogP contribution in [-0.2, 0) is 16.4 Å². The summed E-state index contributed by atoms with van der Waals surface area (Å²) in [6.07, 6.45) is 5.34. The van der Waals surface area contributed by atoms with Crippen molar-refractivity contribution in [3.63, 3.8) is 0 Å². The third kappa shape index (κ3) is 4.64. The van der Waals surface area contributed by atoms with Gasteiger partial charge in [0.1, 0.15) is 0 Å². The fraction of sp³-hybridized carbons (Fsp3) is 0.250. The number of aryl methyl sites for hydroxylation is 2. The van der Waals surface area contributed by atoms with Crippen LogP contribution in [0.1, 0.15) is 18.4 Å². The third-order valence-electron chi connectivity index (χ3n) is 4.05. The van der Waals surface area contributed by atoms with Crippen LogP contribution < -0.4 is 4.46 Å². The van der Waals surface area contributed by atoms with Crippen LogP contribution >= 0.6 is 0 Å². The van der Waals surface area contributed by atoms with Crippen LogP contribution in [-0.4, -0.2) is 32.9 Å². The molecule has 0 bridgehead atoms. The zero-order chi connectivity index (χ0) is 18.4. The van der Waals surface area contributed by atoms with Crippen molar-refractivity contribution in [1.29, 1.82) is 0 Å². The molecule has 0 aliphatic rings. The summed E-state index contributed by atoms with van der Waals surface area (Å²) in [7, 11) is -3.57. The first kappa shape index (κ1) is 18.9. The molecule has 1 heterocycles. The van der Waals surface area contributed by atoms with E-state index in [0.717, 1.165) is 23.7 Å². The number of nitrogens with zero attached hydrogens (tertiary/aromatic N) is 2. The predicted octanol–water partition coefficient (Wildman–Crippen LogP) is 3.25. The molecular weight excluding hydrogens is 411 g/mol. The Morgan fingerprint density at radius 2 is 1.73 bits per heavy atom. The fourth-order valence-corrected chi connectivity index (χ4v) is 5.95. The van der Waals surface area contributed by atoms with E-state index in [4.69, 9.17) is 0 Å². The van der Waals surface area contributed by atoms with Gasteiger partial charge in [0.2, 0.25) is 0 Å². The van der Waals surface area contributed by atoms with Crippen molar-refractivity contribution in [3.05, 3.63) is 72.6 Å². The molecule has 136 valence electrons. The predicted molar refractivity (Wildman–Crippen MR) is 105 cm³/mol. The number of imidazole rings is 1. The molecule has 2 aromatic carbocycles. The van der Waals surface area contributed by atoms with Crippen molar-refractivity contribution < 1.29 is 8.42 Å². The number of rotatable bonds is 8. The first-order valence-electron chi connectivity index (χ1n) is 8.58. The van der Waals surface area contributed by atoms with Crippen LogP contribution in [0.2, 0.25) is 5.32 Å². The normalized spacial score (nSPS) is 11.6. The topological polar surface area (TPSA) is 52.0 Å². The molecule has 0 atom stereocenters. The molecule has 0 saturated carbocycles. The molecule has 0 aliphatic heterocycles. The summed E-state index contributed by atoms with van der Waals surface area (Å²) in [5.74, 6) is 0. The number of aromatic nitrogens is 2. The molecule has 1 aromatic heterocycles. The van der Waals surface area contributed by atoms with E-state index in [2.05, 4.69) is 29.2 Å². The molecule has 0 N–H and O–H groups in total. The zero-order valence-electron chi connectivity index (χ0n) is 14.7.